The van der Waals surface area contributed by atoms with E-state index in [1.54, 1.807) is 30.6 Å². The predicted octanol–water partition coefficient (Wildman–Crippen LogP) is 3.14. The molecule has 26 heavy (non-hydrogen) atoms. The second-order valence-corrected chi connectivity index (χ2v) is 7.46. The van der Waals surface area contributed by atoms with Crippen molar-refractivity contribution < 1.29 is 9.53 Å². The molecule has 1 amide bonds. The molecule has 1 saturated heterocycles. The maximum absolute atomic E-state index is 12.3. The molecule has 1 aromatic heterocycles. The first-order valence-corrected chi connectivity index (χ1v) is 9.40. The van der Waals surface area contributed by atoms with Gasteiger partial charge in [0.2, 0.25) is 0 Å². The van der Waals surface area contributed by atoms with E-state index in [0.717, 1.165) is 18.0 Å². The summed E-state index contributed by atoms with van der Waals surface area (Å²) >= 11 is 6.30. The number of nitrogens with one attached hydrogen (secondary N) is 1. The van der Waals surface area contributed by atoms with Crippen LogP contribution in [-0.4, -0.2) is 41.5 Å². The van der Waals surface area contributed by atoms with Crippen LogP contribution in [-0.2, 0) is 6.54 Å². The number of ether oxygens (including phenoxy) is 1. The second-order valence-electron chi connectivity index (χ2n) is 7.05. The van der Waals surface area contributed by atoms with E-state index in [9.17, 15) is 4.79 Å². The molecule has 1 aromatic carbocycles. The summed E-state index contributed by atoms with van der Waals surface area (Å²) in [6.45, 7) is 3.40. The Kier molecular flexibility index (Phi) is 5.09. The fourth-order valence-corrected chi connectivity index (χ4v) is 3.20. The summed E-state index contributed by atoms with van der Waals surface area (Å²) in [5, 5.41) is 3.33. The Morgan fingerprint density at radius 1 is 1.35 bits per heavy atom. The van der Waals surface area contributed by atoms with Gasteiger partial charge in [-0.2, -0.15) is 0 Å². The number of carbonyl (C=O) groups is 1. The molecule has 0 bridgehead atoms. The average molecular weight is 372 g/mol. The zero-order valence-electron chi connectivity index (χ0n) is 14.5. The average Bonchev–Trinajstić information content (AvgIpc) is 3.58. The highest BCUT2D eigenvalue weighted by molar-refractivity contribution is 6.32. The van der Waals surface area contributed by atoms with Crippen LogP contribution in [0.5, 0.6) is 5.75 Å². The van der Waals surface area contributed by atoms with Gasteiger partial charge in [-0.1, -0.05) is 17.7 Å². The number of carbonyl (C=O) groups excluding carboxylic acids is 1. The van der Waals surface area contributed by atoms with E-state index < -0.39 is 0 Å². The van der Waals surface area contributed by atoms with Crippen LogP contribution in [0.1, 0.15) is 28.8 Å². The zero-order chi connectivity index (χ0) is 17.9. The van der Waals surface area contributed by atoms with Crippen LogP contribution < -0.4 is 10.1 Å². The summed E-state index contributed by atoms with van der Waals surface area (Å²) in [6.07, 6.45) is 6.19. The van der Waals surface area contributed by atoms with Gasteiger partial charge in [0.25, 0.3) is 5.91 Å². The Morgan fingerprint density at radius 2 is 2.23 bits per heavy atom. The summed E-state index contributed by atoms with van der Waals surface area (Å²) in [7, 11) is 0. The molecule has 1 N–H and O–H groups in total. The van der Waals surface area contributed by atoms with Crippen molar-refractivity contribution >= 4 is 17.5 Å². The number of hydrogen-bond acceptors (Lipinski definition) is 4. The number of aromatic nitrogens is 1. The Hall–Kier alpha value is -2.11. The molecule has 136 valence electrons. The van der Waals surface area contributed by atoms with Gasteiger partial charge in [-0.15, -0.1) is 0 Å². The third-order valence-electron chi connectivity index (χ3n) is 4.82. The Morgan fingerprint density at radius 3 is 2.96 bits per heavy atom. The maximum Gasteiger partial charge on any atom is 0.251 e. The normalized spacial score (nSPS) is 21.3. The molecule has 1 aliphatic heterocycles. The molecule has 6 heteroatoms. The van der Waals surface area contributed by atoms with Crippen molar-refractivity contribution in [3.8, 4) is 5.75 Å². The monoisotopic (exact) mass is 371 g/mol. The molecule has 4 rings (SSSR count). The van der Waals surface area contributed by atoms with E-state index in [-0.39, 0.29) is 5.91 Å². The molecule has 2 aliphatic rings. The first kappa shape index (κ1) is 17.3. The van der Waals surface area contributed by atoms with Crippen LogP contribution in [0.25, 0.3) is 0 Å². The Bertz CT molecular complexity index is 780. The van der Waals surface area contributed by atoms with Crippen molar-refractivity contribution in [2.24, 2.45) is 5.92 Å². The van der Waals surface area contributed by atoms with Gasteiger partial charge in [-0.3, -0.25) is 14.7 Å². The number of benzene rings is 1. The topological polar surface area (TPSA) is 54.2 Å². The number of rotatable bonds is 8. The van der Waals surface area contributed by atoms with Crippen LogP contribution in [0, 0.1) is 5.92 Å². The largest absolute Gasteiger partial charge is 0.490 e. The van der Waals surface area contributed by atoms with Crippen molar-refractivity contribution in [3.05, 3.63) is 58.9 Å². The van der Waals surface area contributed by atoms with Crippen molar-refractivity contribution in [2.75, 3.05) is 19.7 Å². The molecule has 2 atom stereocenters. The van der Waals surface area contributed by atoms with Crippen LogP contribution in [0.4, 0.5) is 0 Å². The van der Waals surface area contributed by atoms with Gasteiger partial charge in [0.15, 0.2) is 0 Å². The molecule has 2 heterocycles. The SMILES string of the molecule is O=C(NCc1cccnc1)c1ccc(OCC2CN2CC2CC2)c(Cl)c1. The summed E-state index contributed by atoms with van der Waals surface area (Å²) in [6, 6.07) is 9.44. The third kappa shape index (κ3) is 4.54. The molecule has 2 aromatic rings. The molecule has 1 aliphatic carbocycles. The van der Waals surface area contributed by atoms with E-state index in [1.807, 2.05) is 12.1 Å². The van der Waals surface area contributed by atoms with Gasteiger partial charge in [-0.05, 0) is 48.6 Å². The summed E-state index contributed by atoms with van der Waals surface area (Å²) in [5.74, 6) is 1.38. The smallest absolute Gasteiger partial charge is 0.251 e. The lowest BCUT2D eigenvalue weighted by Gasteiger charge is -2.10. The van der Waals surface area contributed by atoms with Gasteiger partial charge < -0.3 is 10.1 Å². The van der Waals surface area contributed by atoms with Crippen molar-refractivity contribution in [3.63, 3.8) is 0 Å². The Balaban J connectivity index is 1.27. The first-order chi connectivity index (χ1) is 12.7. The molecule has 2 fully saturated rings. The standard InChI is InChI=1S/C20H22ClN3O2/c21-18-8-16(20(25)23-10-15-2-1-7-22-9-15)5-6-19(18)26-13-17-12-24(17)11-14-3-4-14/h1-2,5-9,14,17H,3-4,10-13H2,(H,23,25). The molecule has 2 unspecified atom stereocenters. The number of pyridine rings is 1. The third-order valence-corrected chi connectivity index (χ3v) is 5.11. The minimum absolute atomic E-state index is 0.167. The summed E-state index contributed by atoms with van der Waals surface area (Å²) in [5.41, 5.74) is 1.47. The van der Waals surface area contributed by atoms with E-state index in [0.29, 0.717) is 35.5 Å². The van der Waals surface area contributed by atoms with E-state index >= 15 is 0 Å². The van der Waals surface area contributed by atoms with E-state index in [1.165, 1.54) is 19.4 Å². The van der Waals surface area contributed by atoms with Gasteiger partial charge >= 0.3 is 0 Å². The minimum atomic E-state index is -0.167. The van der Waals surface area contributed by atoms with Gasteiger partial charge in [-0.25, -0.2) is 0 Å². The number of nitrogens with zero attached hydrogens (tertiary/aromatic N) is 2. The second kappa shape index (κ2) is 7.64. The zero-order valence-corrected chi connectivity index (χ0v) is 15.3. The van der Waals surface area contributed by atoms with Crippen LogP contribution in [0.3, 0.4) is 0 Å². The van der Waals surface area contributed by atoms with E-state index in [2.05, 4.69) is 15.2 Å². The minimum Gasteiger partial charge on any atom is -0.490 e. The molecule has 0 spiro atoms. The molecule has 5 nitrogen and oxygen atoms in total. The fourth-order valence-electron chi connectivity index (χ4n) is 2.97. The number of halogens is 1. The lowest BCUT2D eigenvalue weighted by molar-refractivity contribution is 0.0951. The predicted molar refractivity (Wildman–Crippen MR) is 100 cm³/mol. The van der Waals surface area contributed by atoms with Crippen molar-refractivity contribution in [2.45, 2.75) is 25.4 Å². The van der Waals surface area contributed by atoms with Crippen molar-refractivity contribution in [1.29, 1.82) is 0 Å². The fraction of sp³-hybridized carbons (Fsp3) is 0.400. The quantitative estimate of drug-likeness (QED) is 0.724. The molecule has 0 radical (unpaired) electrons. The van der Waals surface area contributed by atoms with Crippen LogP contribution >= 0.6 is 11.6 Å². The van der Waals surface area contributed by atoms with Crippen LogP contribution in [0.2, 0.25) is 5.02 Å². The molecular weight excluding hydrogens is 350 g/mol. The summed E-state index contributed by atoms with van der Waals surface area (Å²) < 4.78 is 5.84. The Labute approximate surface area is 158 Å². The van der Waals surface area contributed by atoms with Gasteiger partial charge in [0.1, 0.15) is 12.4 Å². The lowest BCUT2D eigenvalue weighted by atomic mass is 10.2. The highest BCUT2D eigenvalue weighted by Crippen LogP contribution is 2.34. The molecular formula is C20H22ClN3O2. The number of amides is 1. The van der Waals surface area contributed by atoms with Gasteiger partial charge in [0, 0.05) is 37.6 Å². The summed E-state index contributed by atoms with van der Waals surface area (Å²) in [4.78, 5) is 18.8. The van der Waals surface area contributed by atoms with Crippen LogP contribution in [0.15, 0.2) is 42.7 Å². The van der Waals surface area contributed by atoms with Gasteiger partial charge in [0.05, 0.1) is 11.1 Å². The lowest BCUT2D eigenvalue weighted by Crippen LogP contribution is -2.22. The van der Waals surface area contributed by atoms with E-state index in [4.69, 9.17) is 16.3 Å². The first-order valence-electron chi connectivity index (χ1n) is 9.02. The highest BCUT2D eigenvalue weighted by atomic mass is 35.5. The van der Waals surface area contributed by atoms with Crippen molar-refractivity contribution in [1.82, 2.24) is 15.2 Å². The number of hydrogen-bond donors (Lipinski definition) is 1. The maximum atomic E-state index is 12.3. The molecule has 1 saturated carbocycles. The highest BCUT2D eigenvalue weighted by Gasteiger charge is 2.38.